The van der Waals surface area contributed by atoms with Crippen LogP contribution in [-0.4, -0.2) is 33.8 Å². The molecule has 0 radical (unpaired) electrons. The number of nitrogens with zero attached hydrogens (tertiary/aromatic N) is 1. The topological polar surface area (TPSA) is 82.5 Å². The third kappa shape index (κ3) is 4.91. The summed E-state index contributed by atoms with van der Waals surface area (Å²) < 4.78 is 0. The molecule has 0 spiro atoms. The Hall–Kier alpha value is -2.44. The zero-order valence-corrected chi connectivity index (χ0v) is 19.1. The Labute approximate surface area is 187 Å². The monoisotopic (exact) mass is 438 g/mol. The lowest BCUT2D eigenvalue weighted by atomic mass is 9.71. The number of carbonyl (C=O) groups is 1. The number of hydrogen-bond donors (Lipinski definition) is 3. The van der Waals surface area contributed by atoms with Gasteiger partial charge in [0.1, 0.15) is 10.6 Å². The molecule has 0 bridgehead atoms. The van der Waals surface area contributed by atoms with Gasteiger partial charge in [0.05, 0.1) is 17.5 Å². The van der Waals surface area contributed by atoms with E-state index in [0.717, 1.165) is 35.0 Å². The van der Waals surface area contributed by atoms with Gasteiger partial charge in [-0.3, -0.25) is 4.79 Å². The predicted molar refractivity (Wildman–Crippen MR) is 125 cm³/mol. The van der Waals surface area contributed by atoms with Crippen LogP contribution in [0.1, 0.15) is 53.7 Å². The van der Waals surface area contributed by atoms with E-state index < -0.39 is 6.04 Å². The van der Waals surface area contributed by atoms with E-state index >= 15 is 0 Å². The summed E-state index contributed by atoms with van der Waals surface area (Å²) in [4.78, 5) is 19.2. The van der Waals surface area contributed by atoms with Crippen LogP contribution in [0, 0.1) is 11.3 Å². The largest absolute Gasteiger partial charge is 0.508 e. The number of carbonyl (C=O) groups excluding carboxylic acids is 1. The highest BCUT2D eigenvalue weighted by Gasteiger charge is 2.29. The Morgan fingerprint density at radius 3 is 2.68 bits per heavy atom. The molecule has 0 saturated heterocycles. The van der Waals surface area contributed by atoms with Crippen molar-refractivity contribution in [2.24, 2.45) is 11.3 Å². The number of benzene rings is 1. The maximum Gasteiger partial charge on any atom is 0.261 e. The number of aromatic hydroxyl groups is 1. The van der Waals surface area contributed by atoms with E-state index in [1.54, 1.807) is 24.3 Å². The second kappa shape index (κ2) is 8.60. The number of nitrogens with one attached hydrogen (secondary N) is 1. The number of fused-ring (bicyclic) bond motifs is 2. The van der Waals surface area contributed by atoms with Crippen molar-refractivity contribution in [3.05, 3.63) is 58.1 Å². The minimum atomic E-state index is -0.393. The van der Waals surface area contributed by atoms with Gasteiger partial charge in [0.2, 0.25) is 0 Å². The summed E-state index contributed by atoms with van der Waals surface area (Å²) in [7, 11) is 0. The summed E-state index contributed by atoms with van der Waals surface area (Å²) in [5, 5.41) is 23.1. The van der Waals surface area contributed by atoms with Crippen molar-refractivity contribution in [2.75, 3.05) is 6.61 Å². The quantitative estimate of drug-likeness (QED) is 0.548. The third-order valence-corrected chi connectivity index (χ3v) is 7.34. The van der Waals surface area contributed by atoms with Crippen LogP contribution in [0.15, 0.2) is 36.4 Å². The fraction of sp³-hybridized carbons (Fsp3) is 0.440. The zero-order chi connectivity index (χ0) is 22.2. The molecule has 2 atom stereocenters. The number of aryl methyl sites for hydroxylation is 1. The molecule has 3 aromatic rings. The van der Waals surface area contributed by atoms with Crippen LogP contribution in [0.25, 0.3) is 10.2 Å². The van der Waals surface area contributed by atoms with Crippen LogP contribution in [0.3, 0.4) is 0 Å². The maximum absolute atomic E-state index is 12.9. The zero-order valence-electron chi connectivity index (χ0n) is 18.3. The third-order valence-electron chi connectivity index (χ3n) is 6.30. The van der Waals surface area contributed by atoms with E-state index in [1.165, 1.54) is 22.6 Å². The minimum Gasteiger partial charge on any atom is -0.508 e. The van der Waals surface area contributed by atoms with Gasteiger partial charge in [-0.25, -0.2) is 4.98 Å². The molecule has 2 aromatic heterocycles. The summed E-state index contributed by atoms with van der Waals surface area (Å²) in [5.74, 6) is 0.653. The smallest absolute Gasteiger partial charge is 0.261 e. The van der Waals surface area contributed by atoms with Crippen LogP contribution in [-0.2, 0) is 19.3 Å². The van der Waals surface area contributed by atoms with E-state index in [2.05, 4.69) is 32.2 Å². The van der Waals surface area contributed by atoms with Crippen LogP contribution >= 0.6 is 11.3 Å². The average Bonchev–Trinajstić information content (AvgIpc) is 3.15. The van der Waals surface area contributed by atoms with Crippen LogP contribution in [0.4, 0.5) is 0 Å². The van der Waals surface area contributed by atoms with Gasteiger partial charge in [-0.15, -0.1) is 11.3 Å². The summed E-state index contributed by atoms with van der Waals surface area (Å²) in [6, 6.07) is 10.5. The molecule has 1 aliphatic carbocycles. The molecule has 0 fully saturated rings. The lowest BCUT2D eigenvalue weighted by molar-refractivity contribution is 0.0920. The standard InChI is InChI=1S/C25H30N2O3S/c1-25(2,3)18-6-9-21-16(12-18)11-17-13-22(31-24(17)27-21)23(30)26-19(14-28)10-15-4-7-20(29)8-5-15/h4-5,7-8,11,13,18-19,28-29H,6,9-10,12,14H2,1-3H3,(H,26,30)/t18?,19-/m0/s1. The molecule has 1 aromatic carbocycles. The number of aromatic nitrogens is 1. The molecule has 0 aliphatic heterocycles. The Kier molecular flexibility index (Phi) is 6.04. The van der Waals surface area contributed by atoms with Crippen LogP contribution in [0.2, 0.25) is 0 Å². The first kappa shape index (κ1) is 21.8. The molecule has 6 heteroatoms. The van der Waals surface area contributed by atoms with E-state index in [1.807, 2.05) is 6.07 Å². The molecule has 4 rings (SSSR count). The van der Waals surface area contributed by atoms with Crippen molar-refractivity contribution in [3.8, 4) is 5.75 Å². The molecule has 0 saturated carbocycles. The molecular weight excluding hydrogens is 408 g/mol. The molecule has 3 N–H and O–H groups in total. The summed E-state index contributed by atoms with van der Waals surface area (Å²) in [5.41, 5.74) is 3.70. The fourth-order valence-corrected chi connectivity index (χ4v) is 5.25. The van der Waals surface area contributed by atoms with Crippen molar-refractivity contribution in [1.82, 2.24) is 10.3 Å². The van der Waals surface area contributed by atoms with Gasteiger partial charge in [0.15, 0.2) is 0 Å². The number of hydrogen-bond acceptors (Lipinski definition) is 5. The van der Waals surface area contributed by atoms with Gasteiger partial charge in [0.25, 0.3) is 5.91 Å². The van der Waals surface area contributed by atoms with Gasteiger partial charge in [-0.2, -0.15) is 0 Å². The lowest BCUT2D eigenvalue weighted by Gasteiger charge is -2.34. The van der Waals surface area contributed by atoms with Crippen molar-refractivity contribution in [2.45, 2.75) is 52.5 Å². The molecule has 1 amide bonds. The van der Waals surface area contributed by atoms with Crippen molar-refractivity contribution < 1.29 is 15.0 Å². The molecule has 1 unspecified atom stereocenters. The average molecular weight is 439 g/mol. The summed E-state index contributed by atoms with van der Waals surface area (Å²) in [6.45, 7) is 6.75. The number of rotatable bonds is 5. The van der Waals surface area contributed by atoms with Gasteiger partial charge >= 0.3 is 0 Å². The highest BCUT2D eigenvalue weighted by Crippen LogP contribution is 2.38. The normalized spacial score (nSPS) is 17.4. The number of aliphatic hydroxyl groups is 1. The fourth-order valence-electron chi connectivity index (χ4n) is 4.31. The Bertz CT molecular complexity index is 1080. The SMILES string of the molecule is CC(C)(C)C1CCc2nc3sc(C(=O)N[C@H](CO)Cc4ccc(O)cc4)cc3cc2C1. The van der Waals surface area contributed by atoms with E-state index in [4.69, 9.17) is 4.98 Å². The predicted octanol–water partition coefficient (Wildman–Crippen LogP) is 4.49. The van der Waals surface area contributed by atoms with Gasteiger partial charge in [0, 0.05) is 11.1 Å². The Morgan fingerprint density at radius 1 is 1.26 bits per heavy atom. The molecular formula is C25H30N2O3S. The maximum atomic E-state index is 12.9. The van der Waals surface area contributed by atoms with Gasteiger partial charge < -0.3 is 15.5 Å². The summed E-state index contributed by atoms with van der Waals surface area (Å²) >= 11 is 1.41. The highest BCUT2D eigenvalue weighted by atomic mass is 32.1. The first-order valence-corrected chi connectivity index (χ1v) is 11.7. The van der Waals surface area contributed by atoms with E-state index in [-0.39, 0.29) is 23.7 Å². The second-order valence-electron chi connectivity index (χ2n) is 9.63. The Balaban J connectivity index is 1.50. The second-order valence-corrected chi connectivity index (χ2v) is 10.7. The number of pyridine rings is 1. The Morgan fingerprint density at radius 2 is 2.00 bits per heavy atom. The molecule has 1 aliphatic rings. The highest BCUT2D eigenvalue weighted by molar-refractivity contribution is 7.20. The molecule has 2 heterocycles. The van der Waals surface area contributed by atoms with Gasteiger partial charge in [-0.05, 0) is 72.4 Å². The van der Waals surface area contributed by atoms with Crippen molar-refractivity contribution in [1.29, 1.82) is 0 Å². The van der Waals surface area contributed by atoms with Gasteiger partial charge in [-0.1, -0.05) is 32.9 Å². The summed E-state index contributed by atoms with van der Waals surface area (Å²) in [6.07, 6.45) is 3.68. The van der Waals surface area contributed by atoms with Crippen molar-refractivity contribution in [3.63, 3.8) is 0 Å². The first-order chi connectivity index (χ1) is 14.7. The number of aliphatic hydroxyl groups excluding tert-OH is 1. The van der Waals surface area contributed by atoms with E-state index in [0.29, 0.717) is 17.2 Å². The van der Waals surface area contributed by atoms with Crippen LogP contribution in [0.5, 0.6) is 5.75 Å². The number of phenolic OH excluding ortho intramolecular Hbond substituents is 1. The minimum absolute atomic E-state index is 0.155. The number of thiophene rings is 1. The molecule has 31 heavy (non-hydrogen) atoms. The first-order valence-electron chi connectivity index (χ1n) is 10.8. The van der Waals surface area contributed by atoms with Crippen LogP contribution < -0.4 is 5.32 Å². The van der Waals surface area contributed by atoms with Crippen molar-refractivity contribution >= 4 is 27.5 Å². The number of phenols is 1. The molecule has 164 valence electrons. The number of amides is 1. The lowest BCUT2D eigenvalue weighted by Crippen LogP contribution is -2.38. The molecule has 5 nitrogen and oxygen atoms in total. The van der Waals surface area contributed by atoms with E-state index in [9.17, 15) is 15.0 Å².